The van der Waals surface area contributed by atoms with E-state index < -0.39 is 6.04 Å². The quantitative estimate of drug-likeness (QED) is 0.525. The van der Waals surface area contributed by atoms with Crippen LogP contribution in [0.1, 0.15) is 44.1 Å². The van der Waals surface area contributed by atoms with E-state index in [9.17, 15) is 9.59 Å². The molecule has 0 aliphatic carbocycles. The molecule has 0 spiro atoms. The van der Waals surface area contributed by atoms with Crippen LogP contribution in [-0.4, -0.2) is 38.3 Å². The lowest BCUT2D eigenvalue weighted by atomic mass is 10.2. The Bertz CT molecular complexity index is 1070. The number of fused-ring (bicyclic) bond motifs is 1. The van der Waals surface area contributed by atoms with Gasteiger partial charge in [-0.1, -0.05) is 25.1 Å². The van der Waals surface area contributed by atoms with Gasteiger partial charge in [0.1, 0.15) is 6.04 Å². The summed E-state index contributed by atoms with van der Waals surface area (Å²) in [5.41, 5.74) is 2.23. The summed E-state index contributed by atoms with van der Waals surface area (Å²) in [5.74, 6) is 2.18. The van der Waals surface area contributed by atoms with Crippen LogP contribution >= 0.6 is 11.8 Å². The van der Waals surface area contributed by atoms with E-state index in [-0.39, 0.29) is 11.5 Å². The zero-order valence-electron chi connectivity index (χ0n) is 18.1. The van der Waals surface area contributed by atoms with Crippen molar-refractivity contribution in [1.82, 2.24) is 19.7 Å². The minimum atomic E-state index is -0.398. The number of benzene rings is 1. The van der Waals surface area contributed by atoms with Gasteiger partial charge in [0.05, 0.1) is 17.3 Å². The van der Waals surface area contributed by atoms with Gasteiger partial charge in [-0.3, -0.25) is 9.59 Å². The van der Waals surface area contributed by atoms with Crippen LogP contribution in [0.15, 0.2) is 41.3 Å². The Kier molecular flexibility index (Phi) is 7.37. The first-order valence-electron chi connectivity index (χ1n) is 10.5. The van der Waals surface area contributed by atoms with Crippen LogP contribution in [0.3, 0.4) is 0 Å². The molecule has 2 heterocycles. The number of aryl methyl sites for hydroxylation is 2. The van der Waals surface area contributed by atoms with Gasteiger partial charge >= 0.3 is 0 Å². The number of carbonyl (C=O) groups excluding carboxylic acids is 1. The van der Waals surface area contributed by atoms with Crippen LogP contribution < -0.4 is 10.9 Å². The third-order valence-corrected chi connectivity index (χ3v) is 6.61. The van der Waals surface area contributed by atoms with Gasteiger partial charge in [0.2, 0.25) is 5.91 Å². The maximum Gasteiger partial charge on any atom is 0.281 e. The zero-order chi connectivity index (χ0) is 21.7. The normalized spacial score (nSPS) is 12.3. The molecule has 0 saturated heterocycles. The van der Waals surface area contributed by atoms with Crippen molar-refractivity contribution in [2.24, 2.45) is 0 Å². The van der Waals surface area contributed by atoms with E-state index in [1.807, 2.05) is 67.4 Å². The standard InChI is InChI=1S/C23H30N4O2S/c1-5-13-30-14-9-12-24-22(28)18(4)26-16(2)20-15-25-27(19-10-7-6-8-11-19)23(29)21(20)17(26)3/h6-8,10-11,15,18H,5,9,12-14H2,1-4H3,(H,24,28)/t18-/m0/s1. The van der Waals surface area contributed by atoms with E-state index in [0.29, 0.717) is 11.9 Å². The maximum absolute atomic E-state index is 13.2. The molecule has 0 aliphatic rings. The molecule has 6 nitrogen and oxygen atoms in total. The van der Waals surface area contributed by atoms with Crippen LogP contribution in [0.5, 0.6) is 0 Å². The maximum atomic E-state index is 13.2. The number of rotatable bonds is 9. The molecule has 30 heavy (non-hydrogen) atoms. The smallest absolute Gasteiger partial charge is 0.281 e. The first-order chi connectivity index (χ1) is 14.5. The molecular formula is C23H30N4O2S. The fourth-order valence-electron chi connectivity index (χ4n) is 3.81. The van der Waals surface area contributed by atoms with Crippen LogP contribution in [0.2, 0.25) is 0 Å². The van der Waals surface area contributed by atoms with Crippen molar-refractivity contribution in [3.8, 4) is 5.69 Å². The Hall–Kier alpha value is -2.54. The first-order valence-corrected chi connectivity index (χ1v) is 11.6. The number of carbonyl (C=O) groups is 1. The van der Waals surface area contributed by atoms with E-state index in [1.165, 1.54) is 11.1 Å². The van der Waals surface area contributed by atoms with Crippen molar-refractivity contribution in [3.05, 3.63) is 58.3 Å². The highest BCUT2D eigenvalue weighted by Gasteiger charge is 2.23. The van der Waals surface area contributed by atoms with Gasteiger partial charge in [-0.05, 0) is 57.3 Å². The summed E-state index contributed by atoms with van der Waals surface area (Å²) >= 11 is 1.92. The topological polar surface area (TPSA) is 68.9 Å². The molecule has 1 N–H and O–H groups in total. The predicted molar refractivity (Wildman–Crippen MR) is 125 cm³/mol. The molecule has 0 fully saturated rings. The monoisotopic (exact) mass is 426 g/mol. The molecular weight excluding hydrogens is 396 g/mol. The van der Waals surface area contributed by atoms with Gasteiger partial charge in [-0.2, -0.15) is 21.5 Å². The van der Waals surface area contributed by atoms with Crippen molar-refractivity contribution >= 4 is 28.4 Å². The summed E-state index contributed by atoms with van der Waals surface area (Å²) in [4.78, 5) is 25.9. The number of nitrogens with one attached hydrogen (secondary N) is 1. The summed E-state index contributed by atoms with van der Waals surface area (Å²) in [7, 11) is 0. The average Bonchev–Trinajstić information content (AvgIpc) is 3.01. The fraction of sp³-hybridized carbons (Fsp3) is 0.435. The molecule has 3 aromatic rings. The third kappa shape index (κ3) is 4.46. The highest BCUT2D eigenvalue weighted by molar-refractivity contribution is 7.99. The largest absolute Gasteiger partial charge is 0.354 e. The summed E-state index contributed by atoms with van der Waals surface area (Å²) in [6.45, 7) is 8.56. The van der Waals surface area contributed by atoms with Crippen LogP contribution in [0.25, 0.3) is 16.5 Å². The number of nitrogens with zero attached hydrogens (tertiary/aromatic N) is 3. The number of amides is 1. The predicted octanol–water partition coefficient (Wildman–Crippen LogP) is 4.01. The van der Waals surface area contributed by atoms with Crippen LogP contribution in [0, 0.1) is 13.8 Å². The molecule has 7 heteroatoms. The van der Waals surface area contributed by atoms with Gasteiger partial charge in [-0.15, -0.1) is 0 Å². The Labute approximate surface area is 181 Å². The molecule has 3 rings (SSSR count). The summed E-state index contributed by atoms with van der Waals surface area (Å²) in [6.07, 6.45) is 3.85. The Morgan fingerprint density at radius 1 is 1.17 bits per heavy atom. The lowest BCUT2D eigenvalue weighted by Crippen LogP contribution is -2.32. The average molecular weight is 427 g/mol. The molecule has 0 saturated carbocycles. The molecule has 1 amide bonds. The third-order valence-electron chi connectivity index (χ3n) is 5.33. The van der Waals surface area contributed by atoms with Crippen LogP contribution in [0.4, 0.5) is 0 Å². The molecule has 1 atom stereocenters. The first kappa shape index (κ1) is 22.2. The number of para-hydroxylation sites is 1. The summed E-state index contributed by atoms with van der Waals surface area (Å²) in [6, 6.07) is 8.98. The van der Waals surface area contributed by atoms with Crippen molar-refractivity contribution in [2.45, 2.75) is 46.6 Å². The van der Waals surface area contributed by atoms with Gasteiger partial charge < -0.3 is 9.88 Å². The number of hydrogen-bond acceptors (Lipinski definition) is 4. The van der Waals surface area contributed by atoms with Gasteiger partial charge in [0.25, 0.3) is 5.56 Å². The molecule has 0 unspecified atom stereocenters. The van der Waals surface area contributed by atoms with E-state index in [0.717, 1.165) is 40.4 Å². The molecule has 0 radical (unpaired) electrons. The van der Waals surface area contributed by atoms with Crippen molar-refractivity contribution in [3.63, 3.8) is 0 Å². The SMILES string of the molecule is CCCSCCCNC(=O)[C@H](C)n1c(C)c2cnn(-c3ccccc3)c(=O)c2c1C. The second kappa shape index (κ2) is 9.98. The number of thioether (sulfide) groups is 1. The van der Waals surface area contributed by atoms with E-state index in [1.54, 1.807) is 6.20 Å². The Morgan fingerprint density at radius 3 is 2.60 bits per heavy atom. The molecule has 0 aliphatic heterocycles. The molecule has 160 valence electrons. The van der Waals surface area contributed by atoms with Gasteiger partial charge in [0, 0.05) is 23.3 Å². The number of hydrogen-bond donors (Lipinski definition) is 1. The molecule has 1 aromatic carbocycles. The van der Waals surface area contributed by atoms with E-state index in [2.05, 4.69) is 17.3 Å². The fourth-order valence-corrected chi connectivity index (χ4v) is 4.65. The highest BCUT2D eigenvalue weighted by Crippen LogP contribution is 2.26. The van der Waals surface area contributed by atoms with Crippen molar-refractivity contribution in [1.29, 1.82) is 0 Å². The van der Waals surface area contributed by atoms with Crippen molar-refractivity contribution in [2.75, 3.05) is 18.1 Å². The second-order valence-electron chi connectivity index (χ2n) is 7.46. The number of aromatic nitrogens is 3. The molecule has 2 aromatic heterocycles. The highest BCUT2D eigenvalue weighted by atomic mass is 32.2. The minimum Gasteiger partial charge on any atom is -0.354 e. The van der Waals surface area contributed by atoms with Crippen LogP contribution in [-0.2, 0) is 4.79 Å². The van der Waals surface area contributed by atoms with Gasteiger partial charge in [-0.25, -0.2) is 0 Å². The zero-order valence-corrected chi connectivity index (χ0v) is 19.0. The molecule has 0 bridgehead atoms. The summed E-state index contributed by atoms with van der Waals surface area (Å²) in [5, 5.41) is 8.81. The Morgan fingerprint density at radius 2 is 1.90 bits per heavy atom. The summed E-state index contributed by atoms with van der Waals surface area (Å²) < 4.78 is 3.36. The Balaban J connectivity index is 1.85. The van der Waals surface area contributed by atoms with E-state index >= 15 is 0 Å². The van der Waals surface area contributed by atoms with Crippen molar-refractivity contribution < 1.29 is 4.79 Å². The van der Waals surface area contributed by atoms with Gasteiger partial charge in [0.15, 0.2) is 0 Å². The lowest BCUT2D eigenvalue weighted by molar-refractivity contribution is -0.123. The lowest BCUT2D eigenvalue weighted by Gasteiger charge is -2.18. The minimum absolute atomic E-state index is 0.0293. The second-order valence-corrected chi connectivity index (χ2v) is 8.68. The van der Waals surface area contributed by atoms with E-state index in [4.69, 9.17) is 0 Å².